The summed E-state index contributed by atoms with van der Waals surface area (Å²) in [6.07, 6.45) is 5.09. The van der Waals surface area contributed by atoms with E-state index >= 15 is 0 Å². The number of aromatic nitrogens is 1. The maximum absolute atomic E-state index is 12.5. The van der Waals surface area contributed by atoms with Crippen LogP contribution >= 0.6 is 11.3 Å². The predicted molar refractivity (Wildman–Crippen MR) is 99.0 cm³/mol. The monoisotopic (exact) mass is 377 g/mol. The van der Waals surface area contributed by atoms with Crippen molar-refractivity contribution in [3.05, 3.63) is 40.4 Å². The molecule has 6 nitrogen and oxygen atoms in total. The zero-order valence-corrected chi connectivity index (χ0v) is 15.5. The number of aryl methyl sites for hydroxylation is 1. The number of amides is 1. The van der Waals surface area contributed by atoms with Crippen LogP contribution in [0.3, 0.4) is 0 Å². The molecule has 1 N–H and O–H groups in total. The molecule has 1 saturated carbocycles. The summed E-state index contributed by atoms with van der Waals surface area (Å²) in [4.78, 5) is 17.0. The first-order valence-corrected chi connectivity index (χ1v) is 11.0. The van der Waals surface area contributed by atoms with Crippen molar-refractivity contribution in [2.24, 2.45) is 0 Å². The van der Waals surface area contributed by atoms with Crippen molar-refractivity contribution < 1.29 is 13.2 Å². The smallest absolute Gasteiger partial charge is 0.257 e. The number of thiazole rings is 1. The van der Waals surface area contributed by atoms with Gasteiger partial charge in [-0.05, 0) is 49.4 Å². The minimum absolute atomic E-state index is 0.212. The van der Waals surface area contributed by atoms with Gasteiger partial charge in [0.15, 0.2) is 5.13 Å². The largest absolute Gasteiger partial charge is 0.298 e. The Hall–Kier alpha value is -1.93. The van der Waals surface area contributed by atoms with E-state index in [0.717, 1.165) is 24.1 Å². The first-order valence-electron chi connectivity index (χ1n) is 8.29. The van der Waals surface area contributed by atoms with Crippen LogP contribution in [0.1, 0.15) is 46.8 Å². The fourth-order valence-electron chi connectivity index (χ4n) is 3.13. The molecule has 1 fully saturated rings. The van der Waals surface area contributed by atoms with E-state index in [-0.39, 0.29) is 5.91 Å². The molecule has 2 aliphatic rings. The third kappa shape index (κ3) is 3.41. The lowest BCUT2D eigenvalue weighted by Gasteiger charge is -2.29. The van der Waals surface area contributed by atoms with Gasteiger partial charge in [0, 0.05) is 23.4 Å². The first-order chi connectivity index (χ1) is 11.9. The summed E-state index contributed by atoms with van der Waals surface area (Å²) in [5.74, 6) is 0.351. The van der Waals surface area contributed by atoms with Crippen LogP contribution in [0.25, 0.3) is 0 Å². The van der Waals surface area contributed by atoms with Crippen molar-refractivity contribution in [1.29, 1.82) is 0 Å². The lowest BCUT2D eigenvalue weighted by Crippen LogP contribution is -2.34. The van der Waals surface area contributed by atoms with Crippen LogP contribution < -0.4 is 9.62 Å². The van der Waals surface area contributed by atoms with Gasteiger partial charge in [0.05, 0.1) is 17.6 Å². The molecule has 0 unspecified atom stereocenters. The molecule has 0 atom stereocenters. The Morgan fingerprint density at radius 1 is 1.36 bits per heavy atom. The molecule has 0 spiro atoms. The molecule has 0 radical (unpaired) electrons. The zero-order chi connectivity index (χ0) is 17.6. The standard InChI is InChI=1S/C17H19N3O3S2/c1-25(22,23)20-8-2-3-12-9-13(6-7-15(12)20)16(21)19-17-18-14(10-24-17)11-4-5-11/h6-7,9-11H,2-5,8H2,1H3,(H,18,19,21). The number of nitrogens with one attached hydrogen (secondary N) is 1. The minimum atomic E-state index is -3.30. The molecule has 1 aliphatic heterocycles. The van der Waals surface area contributed by atoms with Gasteiger partial charge in [-0.15, -0.1) is 11.3 Å². The Bertz CT molecular complexity index is 932. The topological polar surface area (TPSA) is 79.4 Å². The van der Waals surface area contributed by atoms with Crippen LogP contribution in [-0.4, -0.2) is 32.1 Å². The van der Waals surface area contributed by atoms with E-state index in [4.69, 9.17) is 0 Å². The van der Waals surface area contributed by atoms with Crippen LogP contribution in [0.15, 0.2) is 23.6 Å². The number of fused-ring (bicyclic) bond motifs is 1. The summed E-state index contributed by atoms with van der Waals surface area (Å²) in [6, 6.07) is 5.19. The van der Waals surface area contributed by atoms with E-state index in [2.05, 4.69) is 10.3 Å². The van der Waals surface area contributed by atoms with Crippen LogP contribution in [0.5, 0.6) is 0 Å². The summed E-state index contributed by atoms with van der Waals surface area (Å²) in [7, 11) is -3.30. The molecule has 1 aromatic heterocycles. The minimum Gasteiger partial charge on any atom is -0.298 e. The summed E-state index contributed by atoms with van der Waals surface area (Å²) >= 11 is 1.44. The highest BCUT2D eigenvalue weighted by molar-refractivity contribution is 7.92. The second kappa shape index (κ2) is 6.10. The molecule has 2 aromatic rings. The third-order valence-electron chi connectivity index (χ3n) is 4.56. The van der Waals surface area contributed by atoms with E-state index in [9.17, 15) is 13.2 Å². The number of carbonyl (C=O) groups is 1. The maximum atomic E-state index is 12.5. The first kappa shape index (κ1) is 16.5. The summed E-state index contributed by atoms with van der Waals surface area (Å²) in [5.41, 5.74) is 3.16. The van der Waals surface area contributed by atoms with Crippen LogP contribution in [0.4, 0.5) is 10.8 Å². The second-order valence-electron chi connectivity index (χ2n) is 6.59. The van der Waals surface area contributed by atoms with E-state index in [1.807, 2.05) is 5.38 Å². The average Bonchev–Trinajstić information content (AvgIpc) is 3.33. The van der Waals surface area contributed by atoms with Gasteiger partial charge in [-0.25, -0.2) is 13.4 Å². The number of rotatable bonds is 4. The number of benzene rings is 1. The molecule has 25 heavy (non-hydrogen) atoms. The third-order valence-corrected chi connectivity index (χ3v) is 6.51. The Kier molecular flexibility index (Phi) is 4.04. The van der Waals surface area contributed by atoms with Crippen molar-refractivity contribution in [2.75, 3.05) is 22.4 Å². The molecular formula is C17H19N3O3S2. The highest BCUT2D eigenvalue weighted by atomic mass is 32.2. The fourth-order valence-corrected chi connectivity index (χ4v) is 4.91. The number of sulfonamides is 1. The molecule has 2 heterocycles. The van der Waals surface area contributed by atoms with Crippen molar-refractivity contribution in [1.82, 2.24) is 4.98 Å². The van der Waals surface area contributed by atoms with Gasteiger partial charge >= 0.3 is 0 Å². The van der Waals surface area contributed by atoms with E-state index in [1.54, 1.807) is 18.2 Å². The fraction of sp³-hybridized carbons (Fsp3) is 0.412. The highest BCUT2D eigenvalue weighted by Crippen LogP contribution is 2.41. The molecule has 4 rings (SSSR count). The van der Waals surface area contributed by atoms with Gasteiger partial charge in [0.1, 0.15) is 0 Å². The van der Waals surface area contributed by atoms with Gasteiger partial charge in [-0.1, -0.05) is 0 Å². The highest BCUT2D eigenvalue weighted by Gasteiger charge is 2.27. The summed E-state index contributed by atoms with van der Waals surface area (Å²) in [6.45, 7) is 0.487. The van der Waals surface area contributed by atoms with Gasteiger partial charge in [-0.2, -0.15) is 0 Å². The summed E-state index contributed by atoms with van der Waals surface area (Å²) < 4.78 is 25.2. The summed E-state index contributed by atoms with van der Waals surface area (Å²) in [5, 5.41) is 5.46. The second-order valence-corrected chi connectivity index (χ2v) is 9.35. The lowest BCUT2D eigenvalue weighted by molar-refractivity contribution is 0.102. The molecule has 132 valence electrons. The molecule has 0 bridgehead atoms. The van der Waals surface area contributed by atoms with E-state index in [1.165, 1.54) is 34.7 Å². The van der Waals surface area contributed by atoms with Crippen molar-refractivity contribution in [2.45, 2.75) is 31.6 Å². The van der Waals surface area contributed by atoms with Crippen molar-refractivity contribution in [3.63, 3.8) is 0 Å². The zero-order valence-electron chi connectivity index (χ0n) is 13.9. The maximum Gasteiger partial charge on any atom is 0.257 e. The SMILES string of the molecule is CS(=O)(=O)N1CCCc2cc(C(=O)Nc3nc(C4CC4)cs3)ccc21. The molecule has 1 amide bonds. The van der Waals surface area contributed by atoms with Crippen LogP contribution in [0.2, 0.25) is 0 Å². The number of carbonyl (C=O) groups excluding carboxylic acids is 1. The molecule has 0 saturated heterocycles. The predicted octanol–water partition coefficient (Wildman–Crippen LogP) is 2.99. The van der Waals surface area contributed by atoms with Gasteiger partial charge in [0.25, 0.3) is 5.91 Å². The average molecular weight is 377 g/mol. The van der Waals surface area contributed by atoms with Crippen molar-refractivity contribution in [3.8, 4) is 0 Å². The number of nitrogens with zero attached hydrogens (tertiary/aromatic N) is 2. The molecule has 8 heteroatoms. The van der Waals surface area contributed by atoms with Crippen LogP contribution in [0, 0.1) is 0 Å². The molecular weight excluding hydrogens is 358 g/mol. The lowest BCUT2D eigenvalue weighted by atomic mass is 10.0. The Morgan fingerprint density at radius 3 is 2.88 bits per heavy atom. The number of anilines is 2. The molecule has 1 aliphatic carbocycles. The number of hydrogen-bond donors (Lipinski definition) is 1. The Balaban J connectivity index is 1.55. The normalized spacial score (nSPS) is 17.2. The van der Waals surface area contributed by atoms with Gasteiger partial charge < -0.3 is 0 Å². The Labute approximate surface area is 150 Å². The quantitative estimate of drug-likeness (QED) is 0.888. The van der Waals surface area contributed by atoms with Crippen molar-refractivity contribution >= 4 is 38.1 Å². The number of hydrogen-bond acceptors (Lipinski definition) is 5. The van der Waals surface area contributed by atoms with Crippen LogP contribution in [-0.2, 0) is 16.4 Å². The molecule has 1 aromatic carbocycles. The van der Waals surface area contributed by atoms with Gasteiger partial charge in [-0.3, -0.25) is 14.4 Å². The van der Waals surface area contributed by atoms with E-state index in [0.29, 0.717) is 28.8 Å². The Morgan fingerprint density at radius 2 is 2.16 bits per heavy atom. The van der Waals surface area contributed by atoms with Gasteiger partial charge in [0.2, 0.25) is 10.0 Å². The van der Waals surface area contributed by atoms with E-state index < -0.39 is 10.0 Å².